The standard InChI is InChI=1S/C22H27FO3/c1-2-9-21-10-11-22(25-12-13-26-22)15-18(21)8-7-17(20(21)24)14-16-5-3-4-6-19(16)23/h3-6,14,18H,2,7-13,15H2,1H3/b17-14+/t18-,21-/m1/s1. The van der Waals surface area contributed by atoms with Crippen molar-refractivity contribution < 1.29 is 18.7 Å². The highest BCUT2D eigenvalue weighted by Crippen LogP contribution is 2.56. The summed E-state index contributed by atoms with van der Waals surface area (Å²) in [5, 5.41) is 0. The van der Waals surface area contributed by atoms with Crippen molar-refractivity contribution in [2.24, 2.45) is 11.3 Å². The van der Waals surface area contributed by atoms with Crippen LogP contribution in [0.3, 0.4) is 0 Å². The minimum Gasteiger partial charge on any atom is -0.348 e. The normalized spacial score (nSPS) is 32.2. The van der Waals surface area contributed by atoms with Crippen molar-refractivity contribution in [3.63, 3.8) is 0 Å². The molecule has 0 amide bonds. The van der Waals surface area contributed by atoms with Gasteiger partial charge in [-0.1, -0.05) is 31.5 Å². The maximum atomic E-state index is 14.1. The average Bonchev–Trinajstić information content (AvgIpc) is 3.09. The molecule has 0 bridgehead atoms. The molecule has 2 saturated carbocycles. The Bertz CT molecular complexity index is 720. The van der Waals surface area contributed by atoms with Crippen LogP contribution in [0, 0.1) is 17.2 Å². The third-order valence-corrected chi connectivity index (χ3v) is 6.54. The SMILES string of the molecule is CCC[C@@]12CCC3(C[C@H]1CC/C(=C\c1ccccc1F)C2=O)OCCO3. The van der Waals surface area contributed by atoms with Gasteiger partial charge >= 0.3 is 0 Å². The average molecular weight is 358 g/mol. The van der Waals surface area contributed by atoms with Crippen LogP contribution in [-0.2, 0) is 14.3 Å². The second kappa shape index (κ2) is 6.90. The first-order chi connectivity index (χ1) is 12.6. The molecule has 1 heterocycles. The maximum Gasteiger partial charge on any atom is 0.168 e. The predicted molar refractivity (Wildman–Crippen MR) is 97.9 cm³/mol. The molecule has 0 N–H and O–H groups in total. The lowest BCUT2D eigenvalue weighted by molar-refractivity contribution is -0.210. The van der Waals surface area contributed by atoms with Gasteiger partial charge in [0.05, 0.1) is 13.2 Å². The molecule has 1 aliphatic heterocycles. The number of benzene rings is 1. The second-order valence-corrected chi connectivity index (χ2v) is 7.97. The minimum atomic E-state index is -0.463. The Kier molecular flexibility index (Phi) is 4.74. The number of fused-ring (bicyclic) bond motifs is 1. The maximum absolute atomic E-state index is 14.1. The van der Waals surface area contributed by atoms with Crippen LogP contribution in [0.4, 0.5) is 4.39 Å². The minimum absolute atomic E-state index is 0.228. The van der Waals surface area contributed by atoms with Crippen LogP contribution in [0.25, 0.3) is 6.08 Å². The lowest BCUT2D eigenvalue weighted by Crippen LogP contribution is -2.52. The van der Waals surface area contributed by atoms with Gasteiger partial charge in [0.15, 0.2) is 11.6 Å². The largest absolute Gasteiger partial charge is 0.348 e. The van der Waals surface area contributed by atoms with Gasteiger partial charge < -0.3 is 9.47 Å². The van der Waals surface area contributed by atoms with Crippen LogP contribution >= 0.6 is 0 Å². The first kappa shape index (κ1) is 17.9. The molecular formula is C22H27FO3. The number of hydrogen-bond acceptors (Lipinski definition) is 3. The van der Waals surface area contributed by atoms with Crippen molar-refractivity contribution in [3.05, 3.63) is 41.2 Å². The fourth-order valence-corrected chi connectivity index (χ4v) is 5.30. The van der Waals surface area contributed by atoms with Gasteiger partial charge in [-0.2, -0.15) is 0 Å². The smallest absolute Gasteiger partial charge is 0.168 e. The van der Waals surface area contributed by atoms with Crippen molar-refractivity contribution in [1.29, 1.82) is 0 Å². The Morgan fingerprint density at radius 1 is 1.23 bits per heavy atom. The van der Waals surface area contributed by atoms with Gasteiger partial charge in [-0.3, -0.25) is 4.79 Å². The number of Topliss-reactive ketones (excluding diaryl/α,β-unsaturated/α-hetero) is 1. The molecule has 3 nitrogen and oxygen atoms in total. The number of rotatable bonds is 3. The highest BCUT2D eigenvalue weighted by atomic mass is 19.1. The van der Waals surface area contributed by atoms with Gasteiger partial charge in [0.1, 0.15) is 5.82 Å². The molecule has 1 aromatic carbocycles. The van der Waals surface area contributed by atoms with Crippen LogP contribution in [0.2, 0.25) is 0 Å². The van der Waals surface area contributed by atoms with Gasteiger partial charge in [0, 0.05) is 23.8 Å². The Hall–Kier alpha value is -1.52. The highest BCUT2D eigenvalue weighted by molar-refractivity contribution is 6.04. The third kappa shape index (κ3) is 2.93. The zero-order chi connectivity index (χ0) is 18.2. The van der Waals surface area contributed by atoms with Gasteiger partial charge in [-0.25, -0.2) is 4.39 Å². The molecule has 2 atom stereocenters. The molecule has 0 aromatic heterocycles. The summed E-state index contributed by atoms with van der Waals surface area (Å²) >= 11 is 0. The Labute approximate surface area is 154 Å². The van der Waals surface area contributed by atoms with E-state index in [9.17, 15) is 9.18 Å². The van der Waals surface area contributed by atoms with E-state index in [1.807, 2.05) is 6.07 Å². The van der Waals surface area contributed by atoms with E-state index in [1.54, 1.807) is 18.2 Å². The summed E-state index contributed by atoms with van der Waals surface area (Å²) in [5.74, 6) is -0.212. The molecular weight excluding hydrogens is 331 g/mol. The van der Waals surface area contributed by atoms with E-state index in [2.05, 4.69) is 6.92 Å². The molecule has 26 heavy (non-hydrogen) atoms. The van der Waals surface area contributed by atoms with Gasteiger partial charge in [0.2, 0.25) is 0 Å². The van der Waals surface area contributed by atoms with Crippen molar-refractivity contribution in [2.45, 2.75) is 57.7 Å². The number of allylic oxidation sites excluding steroid dienone is 1. The highest BCUT2D eigenvalue weighted by Gasteiger charge is 2.56. The molecule has 140 valence electrons. The molecule has 3 aliphatic rings. The van der Waals surface area contributed by atoms with E-state index in [4.69, 9.17) is 9.47 Å². The van der Waals surface area contributed by atoms with Crippen molar-refractivity contribution >= 4 is 11.9 Å². The molecule has 4 heteroatoms. The van der Waals surface area contributed by atoms with Crippen LogP contribution in [0.5, 0.6) is 0 Å². The van der Waals surface area contributed by atoms with Gasteiger partial charge in [0.25, 0.3) is 0 Å². The molecule has 3 fully saturated rings. The van der Waals surface area contributed by atoms with Gasteiger partial charge in [-0.15, -0.1) is 0 Å². The number of halogens is 1. The monoisotopic (exact) mass is 358 g/mol. The van der Waals surface area contributed by atoms with Crippen LogP contribution < -0.4 is 0 Å². The van der Waals surface area contributed by atoms with E-state index in [1.165, 1.54) is 6.07 Å². The summed E-state index contributed by atoms with van der Waals surface area (Å²) in [7, 11) is 0. The molecule has 1 aromatic rings. The first-order valence-corrected chi connectivity index (χ1v) is 9.86. The summed E-state index contributed by atoms with van der Waals surface area (Å²) in [6, 6.07) is 6.68. The third-order valence-electron chi connectivity index (χ3n) is 6.54. The van der Waals surface area contributed by atoms with Crippen molar-refractivity contribution in [3.8, 4) is 0 Å². The molecule has 2 aliphatic carbocycles. The topological polar surface area (TPSA) is 35.5 Å². The van der Waals surface area contributed by atoms with E-state index < -0.39 is 5.79 Å². The fraction of sp³-hybridized carbons (Fsp3) is 0.591. The molecule has 1 spiro atoms. The Balaban J connectivity index is 1.64. The summed E-state index contributed by atoms with van der Waals surface area (Å²) in [6.07, 6.45) is 7.69. The number of carbonyl (C=O) groups excluding carboxylic acids is 1. The Morgan fingerprint density at radius 2 is 2.00 bits per heavy atom. The summed E-state index contributed by atoms with van der Waals surface area (Å²) < 4.78 is 25.9. The Morgan fingerprint density at radius 3 is 2.73 bits per heavy atom. The lowest BCUT2D eigenvalue weighted by atomic mass is 9.54. The number of ether oxygens (including phenoxy) is 2. The second-order valence-electron chi connectivity index (χ2n) is 7.97. The zero-order valence-corrected chi connectivity index (χ0v) is 15.4. The van der Waals surface area contributed by atoms with E-state index in [0.29, 0.717) is 31.1 Å². The number of carbonyl (C=O) groups is 1. The van der Waals surface area contributed by atoms with Crippen LogP contribution in [0.1, 0.15) is 57.4 Å². The molecule has 0 radical (unpaired) electrons. The van der Waals surface area contributed by atoms with Crippen molar-refractivity contribution in [1.82, 2.24) is 0 Å². The lowest BCUT2D eigenvalue weighted by Gasteiger charge is -2.51. The fourth-order valence-electron chi connectivity index (χ4n) is 5.30. The molecule has 4 rings (SSSR count). The van der Waals surface area contributed by atoms with E-state index in [0.717, 1.165) is 44.1 Å². The predicted octanol–water partition coefficient (Wildman–Crippen LogP) is 4.90. The van der Waals surface area contributed by atoms with Gasteiger partial charge in [-0.05, 0) is 49.3 Å². The summed E-state index contributed by atoms with van der Waals surface area (Å²) in [5.41, 5.74) is 0.963. The molecule has 0 unspecified atom stereocenters. The molecule has 1 saturated heterocycles. The number of hydrogen-bond donors (Lipinski definition) is 0. The van der Waals surface area contributed by atoms with Crippen LogP contribution in [-0.4, -0.2) is 24.8 Å². The van der Waals surface area contributed by atoms with Crippen LogP contribution in [0.15, 0.2) is 29.8 Å². The van der Waals surface area contributed by atoms with Crippen molar-refractivity contribution in [2.75, 3.05) is 13.2 Å². The summed E-state index contributed by atoms with van der Waals surface area (Å²) in [6.45, 7) is 3.45. The van der Waals surface area contributed by atoms with E-state index in [-0.39, 0.29) is 17.0 Å². The first-order valence-electron chi connectivity index (χ1n) is 9.86. The van der Waals surface area contributed by atoms with E-state index >= 15 is 0 Å². The number of ketones is 1. The quantitative estimate of drug-likeness (QED) is 0.721. The zero-order valence-electron chi connectivity index (χ0n) is 15.4. The summed E-state index contributed by atoms with van der Waals surface area (Å²) in [4.78, 5) is 13.5.